The molecular formula is C23H27Br2NO2. The summed E-state index contributed by atoms with van der Waals surface area (Å²) in [5.41, 5.74) is 5.38. The highest BCUT2D eigenvalue weighted by molar-refractivity contribution is 9.10. The first-order valence-corrected chi connectivity index (χ1v) is 11.6. The van der Waals surface area contributed by atoms with Gasteiger partial charge in [-0.1, -0.05) is 70.7 Å². The topological polar surface area (TPSA) is 38.3 Å². The molecule has 1 N–H and O–H groups in total. The number of alkyl carbamates (subject to hydrolysis) is 1. The smallest absolute Gasteiger partial charge is 0.407 e. The number of hydrogen-bond acceptors (Lipinski definition) is 2. The molecule has 0 heterocycles. The number of carbonyl (C=O) groups is 1. The van der Waals surface area contributed by atoms with E-state index in [0.717, 1.165) is 41.0 Å². The van der Waals surface area contributed by atoms with Gasteiger partial charge >= 0.3 is 6.09 Å². The van der Waals surface area contributed by atoms with Crippen LogP contribution in [0.1, 0.15) is 57.1 Å². The minimum atomic E-state index is -0.302. The zero-order valence-electron chi connectivity index (χ0n) is 16.5. The van der Waals surface area contributed by atoms with Crippen molar-refractivity contribution in [2.45, 2.75) is 51.4 Å². The number of ether oxygens (including phenoxy) is 1. The Morgan fingerprint density at radius 3 is 2.18 bits per heavy atom. The molecule has 1 aliphatic carbocycles. The lowest BCUT2D eigenvalue weighted by atomic mass is 9.76. The molecule has 2 aromatic rings. The fraction of sp³-hybridized carbons (Fsp3) is 0.435. The first-order valence-electron chi connectivity index (χ1n) is 9.97. The number of fused-ring (bicyclic) bond motifs is 3. The van der Waals surface area contributed by atoms with Gasteiger partial charge in [0, 0.05) is 20.9 Å². The second-order valence-corrected chi connectivity index (χ2v) is 9.42. The van der Waals surface area contributed by atoms with Gasteiger partial charge in [-0.25, -0.2) is 4.79 Å². The molecule has 0 saturated heterocycles. The molecule has 0 spiro atoms. The quantitative estimate of drug-likeness (QED) is 0.383. The lowest BCUT2D eigenvalue weighted by Gasteiger charge is -2.28. The van der Waals surface area contributed by atoms with Crippen LogP contribution in [0.5, 0.6) is 0 Å². The first kappa shape index (κ1) is 21.4. The van der Waals surface area contributed by atoms with Crippen LogP contribution >= 0.6 is 31.9 Å². The van der Waals surface area contributed by atoms with Crippen molar-refractivity contribution in [3.8, 4) is 11.1 Å². The Morgan fingerprint density at radius 2 is 1.61 bits per heavy atom. The average Bonchev–Trinajstić information content (AvgIpc) is 2.90. The summed E-state index contributed by atoms with van der Waals surface area (Å²) in [4.78, 5) is 11.7. The number of benzene rings is 2. The molecule has 2 aromatic carbocycles. The van der Waals surface area contributed by atoms with Gasteiger partial charge in [-0.15, -0.1) is 0 Å². The van der Waals surface area contributed by atoms with Crippen LogP contribution < -0.4 is 5.32 Å². The largest absolute Gasteiger partial charge is 0.450 e. The molecule has 0 fully saturated rings. The minimum Gasteiger partial charge on any atom is -0.450 e. The highest BCUT2D eigenvalue weighted by Gasteiger charge is 2.38. The number of carbonyl (C=O) groups excluding carboxylic acids is 1. The van der Waals surface area contributed by atoms with Crippen LogP contribution in [-0.4, -0.2) is 19.2 Å². The Kier molecular flexibility index (Phi) is 7.21. The highest BCUT2D eigenvalue weighted by Crippen LogP contribution is 2.52. The van der Waals surface area contributed by atoms with Crippen molar-refractivity contribution in [1.82, 2.24) is 5.32 Å². The lowest BCUT2D eigenvalue weighted by Crippen LogP contribution is -2.26. The highest BCUT2D eigenvalue weighted by atomic mass is 79.9. The van der Waals surface area contributed by atoms with E-state index < -0.39 is 0 Å². The number of halogens is 2. The van der Waals surface area contributed by atoms with E-state index in [4.69, 9.17) is 4.74 Å². The lowest BCUT2D eigenvalue weighted by molar-refractivity contribution is 0.144. The zero-order chi connectivity index (χ0) is 20.1. The van der Waals surface area contributed by atoms with Crippen LogP contribution in [0.2, 0.25) is 0 Å². The summed E-state index contributed by atoms with van der Waals surface area (Å²) in [6.07, 6.45) is 4.64. The van der Waals surface area contributed by atoms with Gasteiger partial charge in [-0.2, -0.15) is 0 Å². The van der Waals surface area contributed by atoms with Crippen LogP contribution in [0.15, 0.2) is 45.3 Å². The first-order chi connectivity index (χ1) is 13.5. The second kappa shape index (κ2) is 9.45. The summed E-state index contributed by atoms with van der Waals surface area (Å²) < 4.78 is 7.36. The minimum absolute atomic E-state index is 0.0279. The van der Waals surface area contributed by atoms with Crippen molar-refractivity contribution in [3.63, 3.8) is 0 Å². The van der Waals surface area contributed by atoms with Crippen molar-refractivity contribution in [1.29, 1.82) is 0 Å². The summed E-state index contributed by atoms with van der Waals surface area (Å²) in [7, 11) is 0. The number of rotatable bonds is 8. The predicted octanol–water partition coefficient (Wildman–Crippen LogP) is 7.19. The van der Waals surface area contributed by atoms with E-state index in [0.29, 0.717) is 13.2 Å². The van der Waals surface area contributed by atoms with Crippen LogP contribution in [0, 0.1) is 0 Å². The van der Waals surface area contributed by atoms with Gasteiger partial charge in [0.1, 0.15) is 0 Å². The third-order valence-electron chi connectivity index (χ3n) is 5.55. The standard InChI is InChI=1S/C23H27Br2NO2/c1-3-4-13-28-22(27)26-12-6-5-11-23(2)20-14-16(24)7-9-18(20)19-10-8-17(25)15-21(19)23/h7-10,14-15H,3-6,11-13H2,1-2H3,(H,26,27). The van der Waals surface area contributed by atoms with E-state index in [1.54, 1.807) is 0 Å². The van der Waals surface area contributed by atoms with Crippen molar-refractivity contribution in [2.24, 2.45) is 0 Å². The van der Waals surface area contributed by atoms with Crippen LogP contribution in [0.25, 0.3) is 11.1 Å². The van der Waals surface area contributed by atoms with Crippen LogP contribution in [0.3, 0.4) is 0 Å². The van der Waals surface area contributed by atoms with Gasteiger partial charge < -0.3 is 10.1 Å². The molecule has 1 amide bonds. The number of hydrogen-bond donors (Lipinski definition) is 1. The van der Waals surface area contributed by atoms with E-state index in [2.05, 4.69) is 87.4 Å². The molecule has 0 aromatic heterocycles. The van der Waals surface area contributed by atoms with Crippen LogP contribution in [0.4, 0.5) is 4.79 Å². The maximum Gasteiger partial charge on any atom is 0.407 e. The van der Waals surface area contributed by atoms with E-state index in [1.165, 1.54) is 22.3 Å². The summed E-state index contributed by atoms with van der Waals surface area (Å²) in [5.74, 6) is 0. The van der Waals surface area contributed by atoms with E-state index in [-0.39, 0.29) is 11.5 Å². The number of unbranched alkanes of at least 4 members (excludes halogenated alkanes) is 2. The third kappa shape index (κ3) is 4.62. The average molecular weight is 509 g/mol. The van der Waals surface area contributed by atoms with Gasteiger partial charge in [0.15, 0.2) is 0 Å². The normalized spacial score (nSPS) is 13.7. The SMILES string of the molecule is CCCCOC(=O)NCCCCC1(C)c2cc(Br)ccc2-c2ccc(Br)cc21. The Hall–Kier alpha value is -1.33. The zero-order valence-corrected chi connectivity index (χ0v) is 19.7. The Labute approximate surface area is 184 Å². The fourth-order valence-electron chi connectivity index (χ4n) is 3.98. The van der Waals surface area contributed by atoms with Gasteiger partial charge in [-0.05, 0) is 65.8 Å². The van der Waals surface area contributed by atoms with E-state index >= 15 is 0 Å². The van der Waals surface area contributed by atoms with Gasteiger partial charge in [0.05, 0.1) is 6.61 Å². The monoisotopic (exact) mass is 507 g/mol. The maximum atomic E-state index is 11.7. The Bertz CT molecular complexity index is 799. The van der Waals surface area contributed by atoms with Crippen molar-refractivity contribution >= 4 is 38.0 Å². The molecule has 0 radical (unpaired) electrons. The summed E-state index contributed by atoms with van der Waals surface area (Å²) in [6.45, 7) is 5.57. The third-order valence-corrected chi connectivity index (χ3v) is 6.53. The van der Waals surface area contributed by atoms with Gasteiger partial charge in [0.2, 0.25) is 0 Å². The van der Waals surface area contributed by atoms with Crippen molar-refractivity contribution < 1.29 is 9.53 Å². The molecule has 0 saturated carbocycles. The molecule has 0 atom stereocenters. The molecular weight excluding hydrogens is 482 g/mol. The Balaban J connectivity index is 1.64. The molecule has 5 heteroatoms. The summed E-state index contributed by atoms with van der Waals surface area (Å²) in [5, 5.41) is 2.86. The van der Waals surface area contributed by atoms with Crippen molar-refractivity contribution in [2.75, 3.05) is 13.2 Å². The molecule has 1 aliphatic rings. The Morgan fingerprint density at radius 1 is 1.00 bits per heavy atom. The van der Waals surface area contributed by atoms with E-state index in [1.807, 2.05) is 0 Å². The molecule has 3 nitrogen and oxygen atoms in total. The fourth-order valence-corrected chi connectivity index (χ4v) is 4.71. The molecule has 3 rings (SSSR count). The van der Waals surface area contributed by atoms with Crippen LogP contribution in [-0.2, 0) is 10.2 Å². The van der Waals surface area contributed by atoms with Crippen molar-refractivity contribution in [3.05, 3.63) is 56.5 Å². The van der Waals surface area contributed by atoms with Gasteiger partial charge in [-0.3, -0.25) is 0 Å². The summed E-state index contributed by atoms with van der Waals surface area (Å²) in [6, 6.07) is 13.2. The number of amides is 1. The maximum absolute atomic E-state index is 11.7. The molecule has 0 bridgehead atoms. The second-order valence-electron chi connectivity index (χ2n) is 7.59. The molecule has 0 aliphatic heterocycles. The predicted molar refractivity (Wildman–Crippen MR) is 122 cm³/mol. The van der Waals surface area contributed by atoms with Gasteiger partial charge in [0.25, 0.3) is 0 Å². The molecule has 0 unspecified atom stereocenters. The summed E-state index contributed by atoms with van der Waals surface area (Å²) >= 11 is 7.28. The number of nitrogens with one attached hydrogen (secondary N) is 1. The molecule has 28 heavy (non-hydrogen) atoms. The van der Waals surface area contributed by atoms with E-state index in [9.17, 15) is 4.79 Å². The molecule has 150 valence electrons.